The fraction of sp³-hybridized carbons (Fsp3) is 0.583. The van der Waals surface area contributed by atoms with Gasteiger partial charge >= 0.3 is 0 Å². The second-order valence-electron chi connectivity index (χ2n) is 4.35. The van der Waals surface area contributed by atoms with Crippen LogP contribution < -0.4 is 10.6 Å². The van der Waals surface area contributed by atoms with Crippen molar-refractivity contribution >= 4 is 22.9 Å². The van der Waals surface area contributed by atoms with Crippen molar-refractivity contribution in [1.29, 1.82) is 0 Å². The van der Waals surface area contributed by atoms with Gasteiger partial charge in [-0.15, -0.1) is 0 Å². The zero-order valence-corrected chi connectivity index (χ0v) is 11.5. The molecule has 1 unspecified atom stereocenters. The van der Waals surface area contributed by atoms with Gasteiger partial charge < -0.3 is 20.4 Å². The Morgan fingerprint density at radius 1 is 1.37 bits per heavy atom. The molecule has 0 fully saturated rings. The molecule has 7 nitrogen and oxygen atoms in total. The second-order valence-corrected chi connectivity index (χ2v) is 4.35. The van der Waals surface area contributed by atoms with E-state index < -0.39 is 0 Å². The third kappa shape index (κ3) is 3.31. The summed E-state index contributed by atoms with van der Waals surface area (Å²) in [4.78, 5) is 16.0. The normalized spacial score (nSPS) is 12.6. The zero-order valence-electron chi connectivity index (χ0n) is 11.5. The number of nitrogens with zero attached hydrogens (tertiary/aromatic N) is 3. The molecular weight excluding hydrogens is 244 g/mol. The molecule has 2 aromatic heterocycles. The van der Waals surface area contributed by atoms with Gasteiger partial charge in [-0.05, 0) is 13.3 Å². The van der Waals surface area contributed by atoms with Crippen molar-refractivity contribution in [3.8, 4) is 0 Å². The number of methoxy groups -OCH3 is 1. The highest BCUT2D eigenvalue weighted by molar-refractivity contribution is 5.83. The van der Waals surface area contributed by atoms with Gasteiger partial charge in [-0.1, -0.05) is 6.92 Å². The van der Waals surface area contributed by atoms with E-state index in [-0.39, 0.29) is 6.10 Å². The van der Waals surface area contributed by atoms with Gasteiger partial charge in [-0.25, -0.2) is 4.98 Å². The van der Waals surface area contributed by atoms with Crippen molar-refractivity contribution < 1.29 is 4.74 Å². The highest BCUT2D eigenvalue weighted by Gasteiger charge is 2.10. The first-order valence-corrected chi connectivity index (χ1v) is 6.46. The van der Waals surface area contributed by atoms with E-state index in [1.807, 2.05) is 6.92 Å². The number of fused-ring (bicyclic) bond motifs is 1. The summed E-state index contributed by atoms with van der Waals surface area (Å²) >= 11 is 0. The molecule has 2 heterocycles. The molecule has 2 rings (SSSR count). The molecule has 19 heavy (non-hydrogen) atoms. The molecule has 104 valence electrons. The van der Waals surface area contributed by atoms with Crippen LogP contribution in [0.5, 0.6) is 0 Å². The number of hydrogen-bond donors (Lipinski definition) is 3. The lowest BCUT2D eigenvalue weighted by Gasteiger charge is -2.12. The average Bonchev–Trinajstić information content (AvgIpc) is 2.90. The number of hydrogen-bond acceptors (Lipinski definition) is 6. The Kier molecular flexibility index (Phi) is 4.51. The van der Waals surface area contributed by atoms with Crippen LogP contribution >= 0.6 is 0 Å². The number of aromatic amines is 1. The zero-order chi connectivity index (χ0) is 13.7. The van der Waals surface area contributed by atoms with E-state index in [2.05, 4.69) is 37.5 Å². The van der Waals surface area contributed by atoms with Gasteiger partial charge in [-0.3, -0.25) is 0 Å². The quantitative estimate of drug-likeness (QED) is 0.704. The third-order valence-corrected chi connectivity index (χ3v) is 2.78. The molecule has 2 aromatic rings. The molecule has 0 amide bonds. The van der Waals surface area contributed by atoms with Crippen molar-refractivity contribution in [1.82, 2.24) is 19.9 Å². The van der Waals surface area contributed by atoms with Crippen LogP contribution in [0.15, 0.2) is 6.33 Å². The number of imidazole rings is 1. The van der Waals surface area contributed by atoms with Gasteiger partial charge in [0.15, 0.2) is 11.5 Å². The summed E-state index contributed by atoms with van der Waals surface area (Å²) in [5.74, 6) is 1.33. The summed E-state index contributed by atoms with van der Waals surface area (Å²) in [5.41, 5.74) is 1.46. The third-order valence-electron chi connectivity index (χ3n) is 2.78. The number of ether oxygens (including phenoxy) is 1. The predicted molar refractivity (Wildman–Crippen MR) is 75.4 cm³/mol. The average molecular weight is 264 g/mol. The molecule has 0 aromatic carbocycles. The van der Waals surface area contributed by atoms with Gasteiger partial charge in [0.2, 0.25) is 5.95 Å². The van der Waals surface area contributed by atoms with Crippen LogP contribution in [0.2, 0.25) is 0 Å². The number of rotatable bonds is 7. The lowest BCUT2D eigenvalue weighted by atomic mass is 10.4. The van der Waals surface area contributed by atoms with Crippen molar-refractivity contribution in [3.05, 3.63) is 6.33 Å². The summed E-state index contributed by atoms with van der Waals surface area (Å²) in [6, 6.07) is 0. The highest BCUT2D eigenvalue weighted by atomic mass is 16.5. The molecule has 0 aliphatic heterocycles. The molecule has 7 heteroatoms. The van der Waals surface area contributed by atoms with Crippen LogP contribution in [0.3, 0.4) is 0 Å². The monoisotopic (exact) mass is 264 g/mol. The highest BCUT2D eigenvalue weighted by Crippen LogP contribution is 2.18. The number of H-pyrrole nitrogens is 1. The van der Waals surface area contributed by atoms with Gasteiger partial charge in [0, 0.05) is 20.2 Å². The molecular formula is C12H20N6O. The van der Waals surface area contributed by atoms with E-state index in [1.54, 1.807) is 13.4 Å². The van der Waals surface area contributed by atoms with Crippen LogP contribution in [-0.4, -0.2) is 46.2 Å². The molecule has 1 atom stereocenters. The molecule has 3 N–H and O–H groups in total. The Labute approximate surface area is 112 Å². The lowest BCUT2D eigenvalue weighted by molar-refractivity contribution is 0.128. The maximum absolute atomic E-state index is 5.21. The molecule has 0 saturated heterocycles. The van der Waals surface area contributed by atoms with E-state index in [1.165, 1.54) is 0 Å². The second kappa shape index (κ2) is 6.33. The molecule has 0 aliphatic carbocycles. The van der Waals surface area contributed by atoms with Crippen molar-refractivity contribution in [3.63, 3.8) is 0 Å². The predicted octanol–water partition coefficient (Wildman–Crippen LogP) is 1.62. The summed E-state index contributed by atoms with van der Waals surface area (Å²) < 4.78 is 5.21. The smallest absolute Gasteiger partial charge is 0.226 e. The Morgan fingerprint density at radius 3 is 2.95 bits per heavy atom. The van der Waals surface area contributed by atoms with E-state index in [9.17, 15) is 0 Å². The standard InChI is InChI=1S/C12H20N6O/c1-4-5-13-12-17-10(14-6-8(2)19-3)9-11(18-12)16-7-15-9/h7-8H,4-6H2,1-3H3,(H3,13,14,15,16,17,18). The molecule has 0 spiro atoms. The van der Waals surface area contributed by atoms with Crippen molar-refractivity contribution in [2.24, 2.45) is 0 Å². The minimum Gasteiger partial charge on any atom is -0.380 e. The summed E-state index contributed by atoms with van der Waals surface area (Å²) in [5, 5.41) is 6.42. The first-order chi connectivity index (χ1) is 9.24. The van der Waals surface area contributed by atoms with Gasteiger partial charge in [-0.2, -0.15) is 9.97 Å². The Balaban J connectivity index is 2.21. The van der Waals surface area contributed by atoms with Crippen LogP contribution in [0.4, 0.5) is 11.8 Å². The first-order valence-electron chi connectivity index (χ1n) is 6.46. The van der Waals surface area contributed by atoms with Crippen LogP contribution in [0.1, 0.15) is 20.3 Å². The van der Waals surface area contributed by atoms with E-state index in [0.717, 1.165) is 24.3 Å². The summed E-state index contributed by atoms with van der Waals surface area (Å²) in [7, 11) is 1.69. The first kappa shape index (κ1) is 13.5. The number of nitrogens with one attached hydrogen (secondary N) is 3. The molecule has 0 aliphatic rings. The number of anilines is 2. The fourth-order valence-corrected chi connectivity index (χ4v) is 1.60. The van der Waals surface area contributed by atoms with Gasteiger partial charge in [0.25, 0.3) is 0 Å². The molecule has 0 saturated carbocycles. The maximum atomic E-state index is 5.21. The Morgan fingerprint density at radius 2 is 2.21 bits per heavy atom. The summed E-state index contributed by atoms with van der Waals surface area (Å²) in [6.07, 6.45) is 2.75. The molecule has 0 bridgehead atoms. The lowest BCUT2D eigenvalue weighted by Crippen LogP contribution is -2.19. The van der Waals surface area contributed by atoms with E-state index in [4.69, 9.17) is 4.74 Å². The Hall–Kier alpha value is -1.89. The van der Waals surface area contributed by atoms with E-state index >= 15 is 0 Å². The van der Waals surface area contributed by atoms with Crippen molar-refractivity contribution in [2.45, 2.75) is 26.4 Å². The van der Waals surface area contributed by atoms with Crippen LogP contribution in [0.25, 0.3) is 11.2 Å². The number of aromatic nitrogens is 4. The topological polar surface area (TPSA) is 87.8 Å². The van der Waals surface area contributed by atoms with Crippen LogP contribution in [0, 0.1) is 0 Å². The fourth-order valence-electron chi connectivity index (χ4n) is 1.60. The Bertz CT molecular complexity index is 526. The van der Waals surface area contributed by atoms with Gasteiger partial charge in [0.1, 0.15) is 5.52 Å². The van der Waals surface area contributed by atoms with Crippen molar-refractivity contribution in [2.75, 3.05) is 30.8 Å². The minimum atomic E-state index is 0.111. The molecule has 0 radical (unpaired) electrons. The SMILES string of the molecule is CCCNc1nc(NCC(C)OC)c2[nH]cnc2n1. The van der Waals surface area contributed by atoms with E-state index in [0.29, 0.717) is 18.1 Å². The minimum absolute atomic E-state index is 0.111. The summed E-state index contributed by atoms with van der Waals surface area (Å²) in [6.45, 7) is 5.60. The van der Waals surface area contributed by atoms with Gasteiger partial charge in [0.05, 0.1) is 12.4 Å². The largest absolute Gasteiger partial charge is 0.380 e. The maximum Gasteiger partial charge on any atom is 0.226 e. The van der Waals surface area contributed by atoms with Crippen LogP contribution in [-0.2, 0) is 4.74 Å².